The van der Waals surface area contributed by atoms with Gasteiger partial charge in [-0.3, -0.25) is 5.10 Å². The molecule has 8 heteroatoms. The van der Waals surface area contributed by atoms with Crippen LogP contribution in [0.3, 0.4) is 0 Å². The molecule has 2 aromatic heterocycles. The number of aromatic amines is 1. The molecule has 3 rings (SSSR count). The molecule has 23 heavy (non-hydrogen) atoms. The van der Waals surface area contributed by atoms with Crippen LogP contribution in [-0.4, -0.2) is 25.3 Å². The molecule has 1 atom stereocenters. The number of benzene rings is 1. The molecule has 3 N–H and O–H groups in total. The monoisotopic (exact) mass is 318 g/mol. The van der Waals surface area contributed by atoms with Crippen LogP contribution in [-0.2, 0) is 0 Å². The number of aromatic nitrogens is 4. The van der Waals surface area contributed by atoms with Crippen LogP contribution in [0.1, 0.15) is 24.5 Å². The zero-order valence-corrected chi connectivity index (χ0v) is 12.0. The van der Waals surface area contributed by atoms with Gasteiger partial charge >= 0.3 is 0 Å². The summed E-state index contributed by atoms with van der Waals surface area (Å²) in [6.07, 6.45) is -1.10. The van der Waals surface area contributed by atoms with Gasteiger partial charge in [-0.15, -0.1) is 0 Å². The van der Waals surface area contributed by atoms with E-state index in [9.17, 15) is 13.9 Å². The van der Waals surface area contributed by atoms with Crippen molar-refractivity contribution in [3.63, 3.8) is 0 Å². The smallest absolute Gasteiger partial charge is 0.163 e. The SMILES string of the molecule is [2H]C(O)(c1ccc(F)c(F)c1)c1nccc(Nc2cc(C)[nH]n2)n1. The van der Waals surface area contributed by atoms with Crippen molar-refractivity contribution in [3.8, 4) is 0 Å². The molecule has 0 fully saturated rings. The number of nitrogens with zero attached hydrogens (tertiary/aromatic N) is 3. The molecular weight excluding hydrogens is 304 g/mol. The normalized spacial score (nSPS) is 14.2. The summed E-state index contributed by atoms with van der Waals surface area (Å²) in [5.74, 6) is -1.73. The largest absolute Gasteiger partial charge is 0.380 e. The average Bonchev–Trinajstić information content (AvgIpc) is 2.95. The summed E-state index contributed by atoms with van der Waals surface area (Å²) in [4.78, 5) is 7.90. The Balaban J connectivity index is 1.92. The van der Waals surface area contributed by atoms with Gasteiger partial charge in [0.2, 0.25) is 0 Å². The number of aryl methyl sites for hydroxylation is 1. The topological polar surface area (TPSA) is 86.7 Å². The highest BCUT2D eigenvalue weighted by molar-refractivity contribution is 5.51. The molecule has 6 nitrogen and oxygen atoms in total. The first-order valence-electron chi connectivity index (χ1n) is 7.17. The summed E-state index contributed by atoms with van der Waals surface area (Å²) in [6.45, 7) is 1.83. The van der Waals surface area contributed by atoms with E-state index in [0.717, 1.165) is 23.9 Å². The van der Waals surface area contributed by atoms with Crippen molar-refractivity contribution in [3.05, 3.63) is 65.2 Å². The van der Waals surface area contributed by atoms with E-state index < -0.39 is 17.7 Å². The second-order valence-electron chi connectivity index (χ2n) is 4.80. The van der Waals surface area contributed by atoms with E-state index in [1.54, 1.807) is 6.07 Å². The standard InChI is InChI=1S/C15H13F2N5O/c1-8-6-13(22-21-8)19-12-4-5-18-15(20-12)14(23)9-2-3-10(16)11(17)7-9/h2-7,14,23H,1H3,(H2,18,19,20,21,22)/i14D. The minimum absolute atomic E-state index is 0.186. The van der Waals surface area contributed by atoms with Crippen molar-refractivity contribution in [2.75, 3.05) is 5.32 Å². The van der Waals surface area contributed by atoms with E-state index in [1.165, 1.54) is 12.3 Å². The van der Waals surface area contributed by atoms with Crippen LogP contribution in [0.4, 0.5) is 20.4 Å². The number of hydrogen-bond donors (Lipinski definition) is 3. The molecule has 118 valence electrons. The van der Waals surface area contributed by atoms with Crippen LogP contribution in [0.25, 0.3) is 0 Å². The first-order valence-corrected chi connectivity index (χ1v) is 6.67. The Kier molecular flexibility index (Phi) is 3.65. The lowest BCUT2D eigenvalue weighted by atomic mass is 10.1. The van der Waals surface area contributed by atoms with Crippen LogP contribution < -0.4 is 5.32 Å². The van der Waals surface area contributed by atoms with Gasteiger partial charge in [0.05, 0.1) is 1.37 Å². The number of rotatable bonds is 4. The number of nitrogens with one attached hydrogen (secondary N) is 2. The second-order valence-corrected chi connectivity index (χ2v) is 4.80. The van der Waals surface area contributed by atoms with Crippen molar-refractivity contribution in [2.45, 2.75) is 13.0 Å². The van der Waals surface area contributed by atoms with E-state index in [-0.39, 0.29) is 11.4 Å². The Bertz CT molecular complexity index is 884. The van der Waals surface area contributed by atoms with Crippen LogP contribution in [0.2, 0.25) is 0 Å². The maximum Gasteiger partial charge on any atom is 0.163 e. The molecule has 0 aliphatic carbocycles. The number of H-pyrrole nitrogens is 1. The zero-order valence-electron chi connectivity index (χ0n) is 13.0. The molecule has 0 aliphatic rings. The highest BCUT2D eigenvalue weighted by Crippen LogP contribution is 2.22. The molecule has 0 radical (unpaired) electrons. The third-order valence-corrected chi connectivity index (χ3v) is 3.02. The Labute approximate surface area is 131 Å². The fourth-order valence-corrected chi connectivity index (χ4v) is 1.93. The van der Waals surface area contributed by atoms with Crippen LogP contribution in [0.5, 0.6) is 0 Å². The first-order chi connectivity index (χ1) is 11.4. The average molecular weight is 318 g/mol. The van der Waals surface area contributed by atoms with Crippen molar-refractivity contribution in [2.24, 2.45) is 0 Å². The predicted octanol–water partition coefficient (Wildman–Crippen LogP) is 2.61. The Hall–Kier alpha value is -2.87. The van der Waals surface area contributed by atoms with Gasteiger partial charge in [-0.2, -0.15) is 5.10 Å². The molecule has 0 aliphatic heterocycles. The first kappa shape index (κ1) is 13.8. The van der Waals surface area contributed by atoms with E-state index >= 15 is 0 Å². The predicted molar refractivity (Wildman–Crippen MR) is 79.1 cm³/mol. The fourth-order valence-electron chi connectivity index (χ4n) is 1.93. The van der Waals surface area contributed by atoms with Gasteiger partial charge in [0, 0.05) is 18.0 Å². The third-order valence-electron chi connectivity index (χ3n) is 3.02. The number of halogens is 2. The Morgan fingerprint density at radius 1 is 1.22 bits per heavy atom. The van der Waals surface area contributed by atoms with Crippen molar-refractivity contribution in [1.82, 2.24) is 20.2 Å². The number of aliphatic hydroxyl groups is 1. The maximum atomic E-state index is 13.4. The van der Waals surface area contributed by atoms with E-state index in [1.807, 2.05) is 6.92 Å². The molecule has 1 aromatic carbocycles. The van der Waals surface area contributed by atoms with Crippen molar-refractivity contribution >= 4 is 11.6 Å². The van der Waals surface area contributed by atoms with Crippen LogP contribution in [0, 0.1) is 18.6 Å². The molecule has 3 aromatic rings. The molecule has 0 amide bonds. The van der Waals surface area contributed by atoms with Crippen molar-refractivity contribution in [1.29, 1.82) is 0 Å². The quantitative estimate of drug-likeness (QED) is 0.688. The Morgan fingerprint density at radius 2 is 2.04 bits per heavy atom. The molecule has 1 unspecified atom stereocenters. The summed E-state index contributed by atoms with van der Waals surface area (Å²) >= 11 is 0. The fraction of sp³-hybridized carbons (Fsp3) is 0.133. The molecule has 0 spiro atoms. The van der Waals surface area contributed by atoms with E-state index in [4.69, 9.17) is 1.37 Å². The lowest BCUT2D eigenvalue weighted by Crippen LogP contribution is -2.07. The minimum atomic E-state index is -2.44. The van der Waals surface area contributed by atoms with Gasteiger partial charge in [0.15, 0.2) is 23.3 Å². The summed E-state index contributed by atoms with van der Waals surface area (Å²) in [7, 11) is 0. The van der Waals surface area contributed by atoms with Gasteiger partial charge in [-0.1, -0.05) is 6.07 Å². The van der Waals surface area contributed by atoms with Gasteiger partial charge in [0.1, 0.15) is 11.9 Å². The molecule has 2 heterocycles. The minimum Gasteiger partial charge on any atom is -0.380 e. The summed E-state index contributed by atoms with van der Waals surface area (Å²) in [5.41, 5.74) is 0.653. The van der Waals surface area contributed by atoms with Gasteiger partial charge in [-0.05, 0) is 30.7 Å². The zero-order chi connectivity index (χ0) is 17.3. The van der Waals surface area contributed by atoms with Gasteiger partial charge in [0.25, 0.3) is 0 Å². The van der Waals surface area contributed by atoms with E-state index in [2.05, 4.69) is 25.5 Å². The molecular formula is C15H13F2N5O. The van der Waals surface area contributed by atoms with Crippen LogP contribution >= 0.6 is 0 Å². The summed E-state index contributed by atoms with van der Waals surface area (Å²) in [6, 6.07) is 5.94. The van der Waals surface area contributed by atoms with Gasteiger partial charge in [-0.25, -0.2) is 18.7 Å². The third kappa shape index (κ3) is 3.32. The lowest BCUT2D eigenvalue weighted by molar-refractivity contribution is 0.209. The highest BCUT2D eigenvalue weighted by Gasteiger charge is 2.16. The molecule has 0 saturated carbocycles. The number of anilines is 2. The summed E-state index contributed by atoms with van der Waals surface area (Å²) in [5, 5.41) is 20.0. The van der Waals surface area contributed by atoms with Crippen LogP contribution in [0.15, 0.2) is 36.5 Å². The maximum absolute atomic E-state index is 13.4. The Morgan fingerprint density at radius 3 is 2.74 bits per heavy atom. The highest BCUT2D eigenvalue weighted by atomic mass is 19.2. The lowest BCUT2D eigenvalue weighted by Gasteiger charge is -2.11. The molecule has 0 saturated heterocycles. The van der Waals surface area contributed by atoms with E-state index in [0.29, 0.717) is 11.6 Å². The summed E-state index contributed by atoms with van der Waals surface area (Å²) < 4.78 is 34.4. The second kappa shape index (κ2) is 6.09. The van der Waals surface area contributed by atoms with Crippen molar-refractivity contribution < 1.29 is 15.3 Å². The molecule has 0 bridgehead atoms. The van der Waals surface area contributed by atoms with Gasteiger partial charge < -0.3 is 10.4 Å². The number of hydrogen-bond acceptors (Lipinski definition) is 5.